The van der Waals surface area contributed by atoms with Crippen LogP contribution in [0.25, 0.3) is 0 Å². The SMILES string of the molecule is [O-][Cl+3]([O-])([O-])O.c1ccc(CN2CC3CCSCC(C3)C2)cc1. The second kappa shape index (κ2) is 8.49. The van der Waals surface area contributed by atoms with Gasteiger partial charge in [-0.15, -0.1) is 0 Å². The molecule has 0 saturated carbocycles. The Labute approximate surface area is 137 Å². The van der Waals surface area contributed by atoms with Gasteiger partial charge in [0.1, 0.15) is 0 Å². The molecule has 22 heavy (non-hydrogen) atoms. The van der Waals surface area contributed by atoms with Crippen molar-refractivity contribution in [1.29, 1.82) is 0 Å². The Morgan fingerprint density at radius 3 is 2.45 bits per heavy atom. The first-order chi connectivity index (χ1) is 10.4. The molecule has 2 atom stereocenters. The molecule has 2 aliphatic heterocycles. The minimum Gasteiger partial charge on any atom is -0.299 e. The van der Waals surface area contributed by atoms with Crippen molar-refractivity contribution in [3.8, 4) is 0 Å². The zero-order valence-electron chi connectivity index (χ0n) is 12.4. The smallest absolute Gasteiger partial charge is 0.0777 e. The summed E-state index contributed by atoms with van der Waals surface area (Å²) in [5.41, 5.74) is 1.47. The molecule has 0 spiro atoms. The van der Waals surface area contributed by atoms with Gasteiger partial charge in [-0.25, -0.2) is 0 Å². The minimum atomic E-state index is -4.69. The molecule has 1 N–H and O–H groups in total. The second-order valence-corrected chi connectivity index (χ2v) is 7.85. The van der Waals surface area contributed by atoms with Gasteiger partial charge in [-0.3, -0.25) is 4.90 Å². The summed E-state index contributed by atoms with van der Waals surface area (Å²) in [6.45, 7) is 3.79. The zero-order valence-corrected chi connectivity index (χ0v) is 14.0. The number of benzene rings is 1. The molecular formula is C15H22ClNO4S. The predicted molar refractivity (Wildman–Crippen MR) is 77.5 cm³/mol. The number of fused-ring (bicyclic) bond motifs is 2. The molecule has 2 saturated heterocycles. The van der Waals surface area contributed by atoms with E-state index < -0.39 is 10.2 Å². The lowest BCUT2D eigenvalue weighted by Gasteiger charge is -2.36. The Bertz CT molecular complexity index is 423. The van der Waals surface area contributed by atoms with E-state index in [1.807, 2.05) is 0 Å². The molecule has 0 radical (unpaired) electrons. The summed E-state index contributed by atoms with van der Waals surface area (Å²) in [4.78, 5) is 2.68. The van der Waals surface area contributed by atoms with E-state index in [1.165, 1.54) is 43.0 Å². The molecule has 0 aliphatic carbocycles. The summed E-state index contributed by atoms with van der Waals surface area (Å²) in [6.07, 6.45) is 2.92. The van der Waals surface area contributed by atoms with Crippen LogP contribution in [0.3, 0.4) is 0 Å². The van der Waals surface area contributed by atoms with Crippen LogP contribution in [0.1, 0.15) is 18.4 Å². The van der Waals surface area contributed by atoms with Gasteiger partial charge in [0.05, 0.1) is 14.9 Å². The first-order valence-corrected chi connectivity index (χ1v) is 9.79. The van der Waals surface area contributed by atoms with Gasteiger partial charge in [-0.2, -0.15) is 25.7 Å². The molecular weight excluding hydrogens is 326 g/mol. The summed E-state index contributed by atoms with van der Waals surface area (Å²) < 4.78 is 32.7. The lowest BCUT2D eigenvalue weighted by Crippen LogP contribution is -2.58. The highest BCUT2D eigenvalue weighted by atomic mass is 35.7. The number of piperidine rings is 1. The monoisotopic (exact) mass is 347 g/mol. The molecule has 2 bridgehead atoms. The first-order valence-electron chi connectivity index (χ1n) is 7.37. The Morgan fingerprint density at radius 1 is 1.14 bits per heavy atom. The fourth-order valence-electron chi connectivity index (χ4n) is 3.23. The Morgan fingerprint density at radius 2 is 1.77 bits per heavy atom. The molecule has 3 rings (SSSR count). The van der Waals surface area contributed by atoms with Crippen molar-refractivity contribution in [3.05, 3.63) is 35.9 Å². The number of halogens is 1. The van der Waals surface area contributed by atoms with Gasteiger partial charge in [0.2, 0.25) is 0 Å². The number of nitrogens with zero attached hydrogens (tertiary/aromatic N) is 1. The van der Waals surface area contributed by atoms with Crippen LogP contribution in [0.15, 0.2) is 30.3 Å². The van der Waals surface area contributed by atoms with Crippen LogP contribution in [0.4, 0.5) is 0 Å². The molecule has 7 heteroatoms. The molecule has 2 aliphatic rings. The number of thioether (sulfide) groups is 1. The first kappa shape index (κ1) is 18.0. The van der Waals surface area contributed by atoms with Gasteiger partial charge in [-0.05, 0) is 41.7 Å². The van der Waals surface area contributed by atoms with E-state index >= 15 is 0 Å². The lowest BCUT2D eigenvalue weighted by molar-refractivity contribution is -1.92. The molecule has 2 unspecified atom stereocenters. The highest BCUT2D eigenvalue weighted by molar-refractivity contribution is 7.99. The quantitative estimate of drug-likeness (QED) is 0.748. The molecule has 2 heterocycles. The standard InChI is InChI=1S/C15H21NS.ClHO4/c1-2-4-13(5-3-1)9-16-10-14-6-7-17-12-15(8-14)11-16;2-1(3,4)5/h1-5,14-15H,6-12H2;(H,2,3,4,5). The van der Waals surface area contributed by atoms with E-state index in [-0.39, 0.29) is 0 Å². The van der Waals surface area contributed by atoms with Crippen molar-refractivity contribution in [3.63, 3.8) is 0 Å². The minimum absolute atomic E-state index is 0.949. The van der Waals surface area contributed by atoms with Crippen LogP contribution in [0.2, 0.25) is 0 Å². The molecule has 0 amide bonds. The highest BCUT2D eigenvalue weighted by Gasteiger charge is 2.28. The zero-order chi connectivity index (χ0) is 16.0. The Balaban J connectivity index is 0.000000309. The third-order valence-corrected chi connectivity index (χ3v) is 5.20. The lowest BCUT2D eigenvalue weighted by atomic mass is 9.88. The largest absolute Gasteiger partial charge is 0.299 e. The topological polar surface area (TPSA) is 92.6 Å². The van der Waals surface area contributed by atoms with Crippen molar-refractivity contribution in [1.82, 2.24) is 4.90 Å². The van der Waals surface area contributed by atoms with Crippen LogP contribution in [0.5, 0.6) is 0 Å². The number of rotatable bonds is 2. The molecule has 1 aromatic rings. The van der Waals surface area contributed by atoms with Gasteiger partial charge in [0.15, 0.2) is 0 Å². The van der Waals surface area contributed by atoms with Gasteiger partial charge in [0, 0.05) is 19.6 Å². The molecule has 0 aromatic heterocycles. The normalized spacial score (nSPS) is 25.8. The predicted octanol–water partition coefficient (Wildman–Crippen LogP) is -0.862. The molecule has 1 aromatic carbocycles. The maximum absolute atomic E-state index is 8.60. The molecule has 5 nitrogen and oxygen atoms in total. The maximum Gasteiger partial charge on any atom is 0.0777 e. The summed E-state index contributed by atoms with van der Waals surface area (Å²) in [6, 6.07) is 10.9. The van der Waals surface area contributed by atoms with Crippen molar-refractivity contribution in [2.24, 2.45) is 11.8 Å². The highest BCUT2D eigenvalue weighted by Crippen LogP contribution is 2.32. The average Bonchev–Trinajstić information content (AvgIpc) is 2.59. The van der Waals surface area contributed by atoms with E-state index in [9.17, 15) is 0 Å². The van der Waals surface area contributed by atoms with E-state index in [0.717, 1.165) is 18.4 Å². The maximum atomic E-state index is 8.60. The van der Waals surface area contributed by atoms with E-state index in [4.69, 9.17) is 18.6 Å². The van der Waals surface area contributed by atoms with Gasteiger partial charge >= 0.3 is 0 Å². The van der Waals surface area contributed by atoms with Gasteiger partial charge in [0.25, 0.3) is 0 Å². The van der Waals surface area contributed by atoms with Crippen molar-refractivity contribution in [2.45, 2.75) is 19.4 Å². The fourth-order valence-corrected chi connectivity index (χ4v) is 4.47. The van der Waals surface area contributed by atoms with Crippen LogP contribution in [0, 0.1) is 22.1 Å². The number of hydrogen-bond acceptors (Lipinski definition) is 6. The van der Waals surface area contributed by atoms with Crippen molar-refractivity contribution >= 4 is 11.8 Å². The Kier molecular flexibility index (Phi) is 6.95. The summed E-state index contributed by atoms with van der Waals surface area (Å²) in [5, 5.41) is 0. The van der Waals surface area contributed by atoms with Crippen LogP contribution in [-0.2, 0) is 6.54 Å². The van der Waals surface area contributed by atoms with Gasteiger partial charge < -0.3 is 0 Å². The average molecular weight is 348 g/mol. The summed E-state index contributed by atoms with van der Waals surface area (Å²) in [5.74, 6) is 4.69. The van der Waals surface area contributed by atoms with E-state index in [2.05, 4.69) is 47.0 Å². The third kappa shape index (κ3) is 7.28. The summed E-state index contributed by atoms with van der Waals surface area (Å²) >= 11 is 2.17. The van der Waals surface area contributed by atoms with Crippen molar-refractivity contribution in [2.75, 3.05) is 24.6 Å². The Hall–Kier alpha value is -0.340. The van der Waals surface area contributed by atoms with E-state index in [1.54, 1.807) is 0 Å². The molecule has 124 valence electrons. The van der Waals surface area contributed by atoms with Crippen LogP contribution >= 0.6 is 11.8 Å². The van der Waals surface area contributed by atoms with Crippen LogP contribution < -0.4 is 14.0 Å². The van der Waals surface area contributed by atoms with Crippen LogP contribution in [-0.4, -0.2) is 34.2 Å². The van der Waals surface area contributed by atoms with Crippen molar-refractivity contribution < 1.29 is 28.9 Å². The number of hydrogen-bond donors (Lipinski definition) is 1. The molecule has 2 fully saturated rings. The fraction of sp³-hybridized carbons (Fsp3) is 0.600. The van der Waals surface area contributed by atoms with Gasteiger partial charge in [-0.1, -0.05) is 30.3 Å². The number of likely N-dealkylation sites (tertiary alicyclic amines) is 1. The third-order valence-electron chi connectivity index (χ3n) is 3.97. The second-order valence-electron chi connectivity index (χ2n) is 5.91. The van der Waals surface area contributed by atoms with E-state index in [0.29, 0.717) is 0 Å². The summed E-state index contributed by atoms with van der Waals surface area (Å²) in [7, 11) is -4.69.